The zero-order chi connectivity index (χ0) is 11.3. The first kappa shape index (κ1) is 11.1. The molecule has 6 heteroatoms. The predicted molar refractivity (Wildman–Crippen MR) is 51.4 cm³/mol. The van der Waals surface area contributed by atoms with Crippen molar-refractivity contribution in [3.05, 3.63) is 23.8 Å². The molecule has 15 heavy (non-hydrogen) atoms. The summed E-state index contributed by atoms with van der Waals surface area (Å²) >= 11 is 0. The molecular formula is C9H11N3O3. The van der Waals surface area contributed by atoms with Crippen molar-refractivity contribution in [1.82, 2.24) is 15.3 Å². The molecule has 0 aliphatic carbocycles. The Morgan fingerprint density at radius 1 is 1.47 bits per heavy atom. The Kier molecular flexibility index (Phi) is 3.73. The van der Waals surface area contributed by atoms with Crippen molar-refractivity contribution in [2.75, 3.05) is 6.54 Å². The molecule has 0 unspecified atom stereocenters. The highest BCUT2D eigenvalue weighted by molar-refractivity contribution is 5.92. The fourth-order valence-corrected chi connectivity index (χ4v) is 0.952. The third kappa shape index (κ3) is 3.72. The monoisotopic (exact) mass is 209 g/mol. The van der Waals surface area contributed by atoms with E-state index in [-0.39, 0.29) is 24.6 Å². The molecule has 0 bridgehead atoms. The van der Waals surface area contributed by atoms with Gasteiger partial charge in [0.15, 0.2) is 0 Å². The van der Waals surface area contributed by atoms with E-state index in [1.165, 1.54) is 12.4 Å². The smallest absolute Gasteiger partial charge is 0.305 e. The third-order valence-electron chi connectivity index (χ3n) is 1.66. The number of hydrogen-bond donors (Lipinski definition) is 2. The first-order valence-corrected chi connectivity index (χ1v) is 4.38. The molecular weight excluding hydrogens is 198 g/mol. The van der Waals surface area contributed by atoms with Crippen LogP contribution >= 0.6 is 0 Å². The van der Waals surface area contributed by atoms with Gasteiger partial charge in [-0.3, -0.25) is 9.59 Å². The van der Waals surface area contributed by atoms with Gasteiger partial charge in [0.2, 0.25) is 0 Å². The summed E-state index contributed by atoms with van der Waals surface area (Å²) in [5, 5.41) is 10.8. The predicted octanol–water partition coefficient (Wildman–Crippen LogP) is -0.0105. The number of aryl methyl sites for hydroxylation is 1. The normalized spacial score (nSPS) is 9.67. The van der Waals surface area contributed by atoms with Gasteiger partial charge in [-0.15, -0.1) is 0 Å². The molecule has 80 valence electrons. The number of amides is 1. The first-order valence-electron chi connectivity index (χ1n) is 4.38. The van der Waals surface area contributed by atoms with Gasteiger partial charge < -0.3 is 10.4 Å². The number of aromatic nitrogens is 2. The minimum Gasteiger partial charge on any atom is -0.481 e. The van der Waals surface area contributed by atoms with Crippen LogP contribution in [0.4, 0.5) is 0 Å². The second-order valence-electron chi connectivity index (χ2n) is 2.94. The fourth-order valence-electron chi connectivity index (χ4n) is 0.952. The highest BCUT2D eigenvalue weighted by atomic mass is 16.4. The highest BCUT2D eigenvalue weighted by Gasteiger charge is 2.07. The summed E-state index contributed by atoms with van der Waals surface area (Å²) in [6.07, 6.45) is 1.19. The quantitative estimate of drug-likeness (QED) is 0.727. The average molecular weight is 209 g/mol. The summed E-state index contributed by atoms with van der Waals surface area (Å²) in [7, 11) is 0. The summed E-state index contributed by atoms with van der Waals surface area (Å²) in [5.74, 6) is -1.34. The van der Waals surface area contributed by atoms with Crippen LogP contribution in [-0.4, -0.2) is 33.5 Å². The number of carboxylic acids is 1. The molecule has 0 fully saturated rings. The lowest BCUT2D eigenvalue weighted by Gasteiger charge is -2.02. The Morgan fingerprint density at radius 2 is 2.20 bits per heavy atom. The average Bonchev–Trinajstić information content (AvgIpc) is 2.17. The second kappa shape index (κ2) is 5.04. The maximum absolute atomic E-state index is 11.4. The number of carbonyl (C=O) groups is 2. The fraction of sp³-hybridized carbons (Fsp3) is 0.333. The summed E-state index contributed by atoms with van der Waals surface area (Å²) in [5.41, 5.74) is 0.932. The molecule has 1 heterocycles. The van der Waals surface area contributed by atoms with Crippen LogP contribution in [0.5, 0.6) is 0 Å². The van der Waals surface area contributed by atoms with Crippen LogP contribution in [0.25, 0.3) is 0 Å². The van der Waals surface area contributed by atoms with Gasteiger partial charge in [0.25, 0.3) is 5.91 Å². The molecule has 0 radical (unpaired) electrons. The number of aliphatic carboxylic acids is 1. The van der Waals surface area contributed by atoms with Crippen LogP contribution in [0.1, 0.15) is 22.6 Å². The van der Waals surface area contributed by atoms with Gasteiger partial charge in [-0.25, -0.2) is 9.97 Å². The van der Waals surface area contributed by atoms with Crippen molar-refractivity contribution >= 4 is 11.9 Å². The van der Waals surface area contributed by atoms with Crippen molar-refractivity contribution in [3.8, 4) is 0 Å². The summed E-state index contributed by atoms with van der Waals surface area (Å²) in [4.78, 5) is 29.2. The molecule has 0 saturated heterocycles. The Bertz CT molecular complexity index is 379. The van der Waals surface area contributed by atoms with E-state index >= 15 is 0 Å². The van der Waals surface area contributed by atoms with Gasteiger partial charge in [-0.05, 0) is 13.0 Å². The van der Waals surface area contributed by atoms with Crippen LogP contribution < -0.4 is 5.32 Å². The standard InChI is InChI=1S/C9H11N3O3/c1-6-4-7(12-5-11-6)9(15)10-3-2-8(13)14/h4-5H,2-3H2,1H3,(H,10,15)(H,13,14). The third-order valence-corrected chi connectivity index (χ3v) is 1.66. The van der Waals surface area contributed by atoms with Crippen molar-refractivity contribution < 1.29 is 14.7 Å². The maximum Gasteiger partial charge on any atom is 0.305 e. The number of carbonyl (C=O) groups excluding carboxylic acids is 1. The summed E-state index contributed by atoms with van der Waals surface area (Å²) in [6.45, 7) is 1.84. The van der Waals surface area contributed by atoms with Gasteiger partial charge in [0.1, 0.15) is 12.0 Å². The number of hydrogen-bond acceptors (Lipinski definition) is 4. The Morgan fingerprint density at radius 3 is 2.80 bits per heavy atom. The zero-order valence-corrected chi connectivity index (χ0v) is 8.23. The van der Waals surface area contributed by atoms with E-state index in [1.807, 2.05) is 0 Å². The van der Waals surface area contributed by atoms with Crippen LogP contribution in [0.3, 0.4) is 0 Å². The van der Waals surface area contributed by atoms with Gasteiger partial charge in [-0.1, -0.05) is 0 Å². The number of nitrogens with one attached hydrogen (secondary N) is 1. The van der Waals surface area contributed by atoms with Crippen LogP contribution in [-0.2, 0) is 4.79 Å². The first-order chi connectivity index (χ1) is 7.09. The van der Waals surface area contributed by atoms with E-state index in [4.69, 9.17) is 5.11 Å². The molecule has 1 aromatic rings. The van der Waals surface area contributed by atoms with E-state index in [0.717, 1.165) is 0 Å². The van der Waals surface area contributed by atoms with Crippen molar-refractivity contribution in [2.24, 2.45) is 0 Å². The van der Waals surface area contributed by atoms with Crippen LogP contribution in [0.15, 0.2) is 12.4 Å². The minimum atomic E-state index is -0.950. The van der Waals surface area contributed by atoms with Crippen LogP contribution in [0, 0.1) is 6.92 Å². The zero-order valence-electron chi connectivity index (χ0n) is 8.23. The second-order valence-corrected chi connectivity index (χ2v) is 2.94. The topological polar surface area (TPSA) is 92.2 Å². The largest absolute Gasteiger partial charge is 0.481 e. The van der Waals surface area contributed by atoms with E-state index in [1.54, 1.807) is 6.92 Å². The van der Waals surface area contributed by atoms with Crippen molar-refractivity contribution in [2.45, 2.75) is 13.3 Å². The number of nitrogens with zero attached hydrogens (tertiary/aromatic N) is 2. The molecule has 1 rings (SSSR count). The lowest BCUT2D eigenvalue weighted by atomic mass is 10.3. The molecule has 0 aromatic carbocycles. The lowest BCUT2D eigenvalue weighted by molar-refractivity contribution is -0.136. The van der Waals surface area contributed by atoms with E-state index in [0.29, 0.717) is 5.69 Å². The SMILES string of the molecule is Cc1cc(C(=O)NCCC(=O)O)ncn1. The van der Waals surface area contributed by atoms with E-state index in [2.05, 4.69) is 15.3 Å². The maximum atomic E-state index is 11.4. The Hall–Kier alpha value is -1.98. The molecule has 1 aromatic heterocycles. The Balaban J connectivity index is 2.50. The molecule has 2 N–H and O–H groups in total. The molecule has 0 atom stereocenters. The van der Waals surface area contributed by atoms with Crippen LogP contribution in [0.2, 0.25) is 0 Å². The number of rotatable bonds is 4. The van der Waals surface area contributed by atoms with Crippen molar-refractivity contribution in [3.63, 3.8) is 0 Å². The van der Waals surface area contributed by atoms with Gasteiger partial charge in [0, 0.05) is 12.2 Å². The van der Waals surface area contributed by atoms with Gasteiger partial charge in [0.05, 0.1) is 6.42 Å². The summed E-state index contributed by atoms with van der Waals surface area (Å²) < 4.78 is 0. The van der Waals surface area contributed by atoms with Crippen molar-refractivity contribution in [1.29, 1.82) is 0 Å². The molecule has 0 aliphatic heterocycles. The van der Waals surface area contributed by atoms with Gasteiger partial charge in [-0.2, -0.15) is 0 Å². The highest BCUT2D eigenvalue weighted by Crippen LogP contribution is 1.95. The van der Waals surface area contributed by atoms with E-state index in [9.17, 15) is 9.59 Å². The summed E-state index contributed by atoms with van der Waals surface area (Å²) in [6, 6.07) is 1.54. The molecule has 0 aliphatic rings. The lowest BCUT2D eigenvalue weighted by Crippen LogP contribution is -2.26. The molecule has 0 spiro atoms. The molecule has 0 saturated carbocycles. The minimum absolute atomic E-state index is 0.0945. The molecule has 6 nitrogen and oxygen atoms in total. The van der Waals surface area contributed by atoms with Gasteiger partial charge >= 0.3 is 5.97 Å². The molecule has 1 amide bonds. The van der Waals surface area contributed by atoms with E-state index < -0.39 is 5.97 Å². The number of carboxylic acid groups (broad SMARTS) is 1. The Labute approximate surface area is 86.4 Å².